The number of halogens is 1. The van der Waals surface area contributed by atoms with Crippen molar-refractivity contribution >= 4 is 21.8 Å². The number of ether oxygens (including phenoxy) is 1. The molecule has 1 unspecified atom stereocenters. The van der Waals surface area contributed by atoms with Gasteiger partial charge in [-0.3, -0.25) is 4.79 Å². The third-order valence-electron chi connectivity index (χ3n) is 5.16. The summed E-state index contributed by atoms with van der Waals surface area (Å²) in [5.41, 5.74) is 2.07. The number of aromatic amines is 1. The fourth-order valence-electron chi connectivity index (χ4n) is 3.52. The van der Waals surface area contributed by atoms with Crippen molar-refractivity contribution in [3.8, 4) is 28.7 Å². The van der Waals surface area contributed by atoms with Crippen molar-refractivity contribution in [3.63, 3.8) is 0 Å². The van der Waals surface area contributed by atoms with E-state index in [1.807, 2.05) is 6.07 Å². The minimum atomic E-state index is -2.92. The number of hydrogen-bond donors (Lipinski definition) is 3. The fraction of sp³-hybridized carbons (Fsp3) is 0.130. The predicted molar refractivity (Wildman–Crippen MR) is 122 cm³/mol. The van der Waals surface area contributed by atoms with Crippen LogP contribution >= 0.6 is 0 Å². The maximum atomic E-state index is 14.8. The quantitative estimate of drug-likeness (QED) is 0.361. The molecule has 0 aliphatic rings. The van der Waals surface area contributed by atoms with Crippen molar-refractivity contribution < 1.29 is 17.5 Å². The molecule has 2 N–H and O–H groups in total. The van der Waals surface area contributed by atoms with Crippen LogP contribution in [-0.4, -0.2) is 24.5 Å². The molecular weight excluding hydrogens is 447 g/mol. The lowest BCUT2D eigenvalue weighted by Crippen LogP contribution is -2.18. The van der Waals surface area contributed by atoms with Gasteiger partial charge in [0.2, 0.25) is 10.9 Å². The molecule has 0 aliphatic carbocycles. The molecule has 0 fully saturated rings. The van der Waals surface area contributed by atoms with Gasteiger partial charge >= 0.3 is 0 Å². The summed E-state index contributed by atoms with van der Waals surface area (Å²) in [4.78, 5) is 15.4. The Labute approximate surface area is 190 Å². The van der Waals surface area contributed by atoms with Crippen LogP contribution < -0.4 is 15.0 Å². The monoisotopic (exact) mass is 466 g/mol. The topological polar surface area (TPSA) is 117 Å². The van der Waals surface area contributed by atoms with E-state index in [0.29, 0.717) is 39.1 Å². The number of aromatic nitrogens is 2. The third-order valence-corrected chi connectivity index (χ3v) is 5.60. The Morgan fingerprint density at radius 2 is 1.94 bits per heavy atom. The second kappa shape index (κ2) is 9.28. The Kier molecular flexibility index (Phi) is 6.26. The van der Waals surface area contributed by atoms with Crippen molar-refractivity contribution in [1.29, 1.82) is 5.26 Å². The molecule has 0 radical (unpaired) electrons. The van der Waals surface area contributed by atoms with Crippen molar-refractivity contribution in [2.75, 3.05) is 6.54 Å². The van der Waals surface area contributed by atoms with Gasteiger partial charge in [0.1, 0.15) is 23.2 Å². The highest BCUT2D eigenvalue weighted by atomic mass is 32.2. The number of nitrogens with zero attached hydrogens (tertiary/aromatic N) is 2. The molecule has 4 aromatic rings. The Morgan fingerprint density at radius 3 is 2.64 bits per heavy atom. The molecule has 4 rings (SSSR count). The predicted octanol–water partition coefficient (Wildman–Crippen LogP) is 3.32. The molecule has 2 heterocycles. The number of alkyl halides is 1. The van der Waals surface area contributed by atoms with Gasteiger partial charge in [0.25, 0.3) is 5.56 Å². The molecule has 1 atom stereocenters. The minimum Gasteiger partial charge on any atom is -0.457 e. The van der Waals surface area contributed by atoms with Gasteiger partial charge in [0, 0.05) is 42.5 Å². The van der Waals surface area contributed by atoms with Crippen LogP contribution in [0, 0.1) is 11.3 Å². The average Bonchev–Trinajstić information content (AvgIpc) is 3.31. The van der Waals surface area contributed by atoms with Gasteiger partial charge in [-0.2, -0.15) is 5.26 Å². The molecule has 2 aromatic heterocycles. The van der Waals surface area contributed by atoms with Gasteiger partial charge in [-0.05, 0) is 48.0 Å². The molecule has 33 heavy (non-hydrogen) atoms. The highest BCUT2D eigenvalue weighted by Crippen LogP contribution is 2.38. The molecule has 0 saturated carbocycles. The number of rotatable bonds is 7. The smallest absolute Gasteiger partial charge is 0.274 e. The summed E-state index contributed by atoms with van der Waals surface area (Å²) in [6, 6.07) is 15.0. The van der Waals surface area contributed by atoms with Crippen LogP contribution in [0.4, 0.5) is 4.39 Å². The fourth-order valence-corrected chi connectivity index (χ4v) is 3.83. The molecule has 0 spiro atoms. The first kappa shape index (κ1) is 22.3. The Balaban J connectivity index is 1.85. The summed E-state index contributed by atoms with van der Waals surface area (Å²) in [5, 5.41) is 9.64. The number of hydrogen-bond acceptors (Lipinski definition) is 5. The first-order chi connectivity index (χ1) is 15.9. The number of benzene rings is 2. The number of thiol groups is 1. The van der Waals surface area contributed by atoms with Crippen molar-refractivity contribution in [1.82, 2.24) is 14.3 Å². The molecular formula is C23H19FN4O4S. The number of nitrogens with one attached hydrogen (secondary N) is 2. The van der Waals surface area contributed by atoms with Crippen LogP contribution in [0.5, 0.6) is 11.5 Å². The van der Waals surface area contributed by atoms with E-state index in [2.05, 4.69) is 9.71 Å². The van der Waals surface area contributed by atoms with Crippen LogP contribution in [0.3, 0.4) is 0 Å². The van der Waals surface area contributed by atoms with E-state index in [1.54, 1.807) is 61.9 Å². The third kappa shape index (κ3) is 4.64. The zero-order valence-corrected chi connectivity index (χ0v) is 18.3. The van der Waals surface area contributed by atoms with Crippen molar-refractivity contribution in [2.45, 2.75) is 6.17 Å². The summed E-state index contributed by atoms with van der Waals surface area (Å²) in [6.45, 7) is -0.402. The van der Waals surface area contributed by atoms with Crippen LogP contribution in [0.15, 0.2) is 65.7 Å². The van der Waals surface area contributed by atoms with E-state index in [9.17, 15) is 17.6 Å². The van der Waals surface area contributed by atoms with E-state index < -0.39 is 23.6 Å². The summed E-state index contributed by atoms with van der Waals surface area (Å²) in [7, 11) is -1.31. The Bertz CT molecular complexity index is 1490. The zero-order valence-electron chi connectivity index (χ0n) is 17.4. The van der Waals surface area contributed by atoms with Crippen LogP contribution in [-0.2, 0) is 17.9 Å². The SMILES string of the molecule is Cn1cc(-c2cc(C(F)CN[SH](=O)=O)ccc2Oc2ccc(C#N)cc2)c2cc[nH]c2c1=O. The van der Waals surface area contributed by atoms with Gasteiger partial charge in [-0.1, -0.05) is 6.07 Å². The largest absolute Gasteiger partial charge is 0.457 e. The molecule has 0 aliphatic heterocycles. The van der Waals surface area contributed by atoms with Crippen LogP contribution in [0.25, 0.3) is 22.0 Å². The average molecular weight is 466 g/mol. The molecule has 0 amide bonds. The zero-order chi connectivity index (χ0) is 23.5. The molecule has 2 aromatic carbocycles. The molecule has 8 nitrogen and oxygen atoms in total. The van der Waals surface area contributed by atoms with E-state index >= 15 is 0 Å². The summed E-state index contributed by atoms with van der Waals surface area (Å²) in [6.07, 6.45) is 1.70. The Hall–Kier alpha value is -3.94. The van der Waals surface area contributed by atoms with Gasteiger partial charge in [-0.25, -0.2) is 17.5 Å². The van der Waals surface area contributed by atoms with Gasteiger partial charge < -0.3 is 14.3 Å². The van der Waals surface area contributed by atoms with Gasteiger partial charge in [0.05, 0.1) is 11.6 Å². The second-order valence-electron chi connectivity index (χ2n) is 7.31. The summed E-state index contributed by atoms with van der Waals surface area (Å²) >= 11 is 0. The number of aryl methyl sites for hydroxylation is 1. The van der Waals surface area contributed by atoms with E-state index in [-0.39, 0.29) is 11.1 Å². The minimum absolute atomic E-state index is 0.212. The number of fused-ring (bicyclic) bond motifs is 1. The maximum absolute atomic E-state index is 14.8. The van der Waals surface area contributed by atoms with Gasteiger partial charge in [0.15, 0.2) is 0 Å². The first-order valence-electron chi connectivity index (χ1n) is 9.88. The van der Waals surface area contributed by atoms with Crippen LogP contribution in [0.1, 0.15) is 17.3 Å². The van der Waals surface area contributed by atoms with Crippen molar-refractivity contribution in [3.05, 3.63) is 82.4 Å². The number of H-pyrrole nitrogens is 1. The van der Waals surface area contributed by atoms with E-state index in [1.165, 1.54) is 10.6 Å². The van der Waals surface area contributed by atoms with E-state index in [4.69, 9.17) is 10.00 Å². The first-order valence-corrected chi connectivity index (χ1v) is 11.1. The van der Waals surface area contributed by atoms with E-state index in [0.717, 1.165) is 0 Å². The van der Waals surface area contributed by atoms with Gasteiger partial charge in [-0.15, -0.1) is 0 Å². The lowest BCUT2D eigenvalue weighted by Gasteiger charge is -2.16. The number of nitriles is 1. The normalized spacial score (nSPS) is 12.1. The summed E-state index contributed by atoms with van der Waals surface area (Å²) in [5.74, 6) is 0.875. The molecule has 0 bridgehead atoms. The molecule has 168 valence electrons. The Morgan fingerprint density at radius 1 is 1.18 bits per heavy atom. The lowest BCUT2D eigenvalue weighted by molar-refractivity contribution is 0.344. The van der Waals surface area contributed by atoms with Crippen molar-refractivity contribution in [2.24, 2.45) is 7.05 Å². The van der Waals surface area contributed by atoms with Crippen LogP contribution in [0.2, 0.25) is 0 Å². The maximum Gasteiger partial charge on any atom is 0.274 e. The lowest BCUT2D eigenvalue weighted by atomic mass is 9.98. The molecule has 10 heteroatoms. The second-order valence-corrected chi connectivity index (χ2v) is 8.14. The summed E-state index contributed by atoms with van der Waals surface area (Å²) < 4.78 is 45.9. The highest BCUT2D eigenvalue weighted by molar-refractivity contribution is 7.70. The molecule has 0 saturated heterocycles. The number of pyridine rings is 1. The highest BCUT2D eigenvalue weighted by Gasteiger charge is 2.18. The standard InChI is InChI=1S/C23H19FN4O4S/c1-28-13-19(17-8-9-26-22(17)23(28)29)18-10-15(20(24)12-27-33(30)31)4-7-21(18)32-16-5-2-14(11-25)3-6-16/h2-10,13,20,26,33H,12H2,1H3,(H,27,30,31).